The quantitative estimate of drug-likeness (QED) is 0.297. The van der Waals surface area contributed by atoms with E-state index in [1.54, 1.807) is 54.7 Å². The van der Waals surface area contributed by atoms with Crippen LogP contribution in [0, 0.1) is 11.2 Å². The van der Waals surface area contributed by atoms with Gasteiger partial charge in [0.15, 0.2) is 0 Å². The zero-order valence-corrected chi connectivity index (χ0v) is 24.5. The number of anilines is 3. The Labute approximate surface area is 256 Å². The lowest BCUT2D eigenvalue weighted by Gasteiger charge is -2.53. The summed E-state index contributed by atoms with van der Waals surface area (Å²) in [6.45, 7) is 3.49. The number of carbonyl (C=O) groups is 3. The first-order valence-corrected chi connectivity index (χ1v) is 15.3. The first kappa shape index (κ1) is 28.2. The summed E-state index contributed by atoms with van der Waals surface area (Å²) in [5, 5.41) is 12.4. The van der Waals surface area contributed by atoms with E-state index in [-0.39, 0.29) is 28.7 Å². The summed E-state index contributed by atoms with van der Waals surface area (Å²) >= 11 is 1.12. The highest BCUT2D eigenvalue weighted by molar-refractivity contribution is 7.17. The van der Waals surface area contributed by atoms with Gasteiger partial charge in [0, 0.05) is 66.2 Å². The molecule has 5 heterocycles. The maximum atomic E-state index is 14.4. The minimum absolute atomic E-state index is 0.203. The van der Waals surface area contributed by atoms with Gasteiger partial charge in [0.25, 0.3) is 11.8 Å². The second-order valence-electron chi connectivity index (χ2n) is 11.5. The van der Waals surface area contributed by atoms with Gasteiger partial charge in [-0.2, -0.15) is 0 Å². The molecule has 0 unspecified atom stereocenters. The third-order valence-electron chi connectivity index (χ3n) is 8.69. The van der Waals surface area contributed by atoms with Crippen molar-refractivity contribution in [1.82, 2.24) is 4.98 Å². The lowest BCUT2D eigenvalue weighted by atomic mass is 9.73. The first-order valence-electron chi connectivity index (χ1n) is 14.5. The average molecular weight is 613 g/mol. The van der Waals surface area contributed by atoms with Crippen molar-refractivity contribution < 1.29 is 28.6 Å². The van der Waals surface area contributed by atoms with Gasteiger partial charge in [-0.15, -0.1) is 11.3 Å². The van der Waals surface area contributed by atoms with Crippen LogP contribution in [0.5, 0.6) is 0 Å². The number of nitrogens with zero attached hydrogens (tertiary/aromatic N) is 3. The fraction of sp³-hybridized carbons (Fsp3) is 0.273. The minimum atomic E-state index is -1.02. The third kappa shape index (κ3) is 5.11. The number of fused-ring (bicyclic) bond motifs is 3. The number of hydrogen-bond acceptors (Lipinski definition) is 7. The molecule has 1 spiro atoms. The number of carbonyl (C=O) groups excluding carboxylic acids is 2. The Hall–Kier alpha value is -4.61. The number of rotatable bonds is 5. The van der Waals surface area contributed by atoms with Crippen molar-refractivity contribution in [2.24, 2.45) is 5.41 Å². The van der Waals surface area contributed by atoms with E-state index in [2.05, 4.69) is 15.2 Å². The number of aromatic carboxylic acids is 1. The highest BCUT2D eigenvalue weighted by Gasteiger charge is 2.45. The number of amides is 2. The van der Waals surface area contributed by atoms with Gasteiger partial charge in [-0.3, -0.25) is 9.59 Å². The molecule has 0 saturated carbocycles. The Balaban J connectivity index is 1.08. The molecule has 224 valence electrons. The molecule has 0 radical (unpaired) electrons. The van der Waals surface area contributed by atoms with Crippen LogP contribution in [0.1, 0.15) is 48.8 Å². The Morgan fingerprint density at radius 1 is 1.02 bits per heavy atom. The van der Waals surface area contributed by atoms with Crippen molar-refractivity contribution in [3.8, 4) is 10.4 Å². The summed E-state index contributed by atoms with van der Waals surface area (Å²) in [4.78, 5) is 47.7. The van der Waals surface area contributed by atoms with Crippen molar-refractivity contribution in [2.75, 3.05) is 48.0 Å². The van der Waals surface area contributed by atoms with E-state index in [1.807, 2.05) is 0 Å². The smallest absolute Gasteiger partial charge is 0.345 e. The van der Waals surface area contributed by atoms with Gasteiger partial charge in [0.1, 0.15) is 16.5 Å². The molecule has 2 aromatic heterocycles. The summed E-state index contributed by atoms with van der Waals surface area (Å²) in [5.41, 5.74) is 3.43. The van der Waals surface area contributed by atoms with Gasteiger partial charge in [-0.05, 0) is 85.5 Å². The number of nitrogens with one attached hydrogen (secondary N) is 1. The van der Waals surface area contributed by atoms with E-state index < -0.39 is 11.8 Å². The maximum absolute atomic E-state index is 14.4. The number of aromatic nitrogens is 1. The number of thiophene rings is 1. The lowest BCUT2D eigenvalue weighted by molar-refractivity contribution is -0.000511. The van der Waals surface area contributed by atoms with Crippen molar-refractivity contribution in [1.29, 1.82) is 0 Å². The number of pyridine rings is 1. The Morgan fingerprint density at radius 2 is 1.80 bits per heavy atom. The zero-order chi connectivity index (χ0) is 30.4. The normalized spacial score (nSPS) is 16.8. The Morgan fingerprint density at radius 3 is 2.55 bits per heavy atom. The van der Waals surface area contributed by atoms with E-state index in [0.29, 0.717) is 40.3 Å². The first-order chi connectivity index (χ1) is 21.3. The molecule has 2 amide bonds. The van der Waals surface area contributed by atoms with Crippen LogP contribution < -0.4 is 15.1 Å². The molecule has 3 aliphatic rings. The molecule has 2 N–H and O–H groups in total. The molecule has 9 nitrogen and oxygen atoms in total. The van der Waals surface area contributed by atoms with Crippen molar-refractivity contribution >= 4 is 46.3 Å². The molecule has 7 rings (SSSR count). The van der Waals surface area contributed by atoms with Crippen LogP contribution in [0.4, 0.5) is 21.6 Å². The van der Waals surface area contributed by atoms with E-state index in [9.17, 15) is 23.9 Å². The molecule has 0 aliphatic carbocycles. The topological polar surface area (TPSA) is 112 Å². The predicted molar refractivity (Wildman–Crippen MR) is 165 cm³/mol. The second kappa shape index (κ2) is 11.1. The van der Waals surface area contributed by atoms with Crippen LogP contribution in [-0.4, -0.2) is 60.7 Å². The number of hydrogen-bond donors (Lipinski definition) is 2. The number of halogens is 1. The summed E-state index contributed by atoms with van der Waals surface area (Å²) in [7, 11) is 0. The molecule has 44 heavy (non-hydrogen) atoms. The molecule has 11 heteroatoms. The van der Waals surface area contributed by atoms with Gasteiger partial charge in [0.2, 0.25) is 0 Å². The second-order valence-corrected chi connectivity index (χ2v) is 12.6. The maximum Gasteiger partial charge on any atom is 0.345 e. The molecule has 4 aromatic rings. The van der Waals surface area contributed by atoms with E-state index in [0.717, 1.165) is 60.9 Å². The molecular weight excluding hydrogens is 583 g/mol. The van der Waals surface area contributed by atoms with Gasteiger partial charge in [0.05, 0.1) is 11.3 Å². The fourth-order valence-corrected chi connectivity index (χ4v) is 7.43. The fourth-order valence-electron chi connectivity index (χ4n) is 6.34. The monoisotopic (exact) mass is 612 g/mol. The van der Waals surface area contributed by atoms with Crippen LogP contribution in [0.15, 0.2) is 66.9 Å². The van der Waals surface area contributed by atoms with E-state index >= 15 is 0 Å². The molecular formula is C33H29FN4O5S. The van der Waals surface area contributed by atoms with Gasteiger partial charge >= 0.3 is 5.97 Å². The van der Waals surface area contributed by atoms with Crippen molar-refractivity contribution in [3.05, 3.63) is 94.2 Å². The SMILES string of the molecule is O=C(O)c1cc2c(s1)-c1ccc(F)cc1N(C(=O)c1ccc(NC(=O)c3cccnc3N3CC4(CCOCC4)C3)cc1)CC2. The minimum Gasteiger partial charge on any atom is -0.477 e. The van der Waals surface area contributed by atoms with Crippen LogP contribution in [0.3, 0.4) is 0 Å². The highest BCUT2D eigenvalue weighted by atomic mass is 32.1. The molecule has 0 atom stereocenters. The summed E-state index contributed by atoms with van der Waals surface area (Å²) in [6.07, 6.45) is 4.15. The van der Waals surface area contributed by atoms with Crippen LogP contribution in [0.2, 0.25) is 0 Å². The van der Waals surface area contributed by atoms with Crippen molar-refractivity contribution in [2.45, 2.75) is 19.3 Å². The summed E-state index contributed by atoms with van der Waals surface area (Å²) < 4.78 is 19.9. The average Bonchev–Trinajstić information content (AvgIpc) is 3.39. The lowest BCUT2D eigenvalue weighted by Crippen LogP contribution is -2.59. The zero-order valence-electron chi connectivity index (χ0n) is 23.7. The molecule has 2 saturated heterocycles. The summed E-state index contributed by atoms with van der Waals surface area (Å²) in [5.74, 6) is -1.46. The largest absolute Gasteiger partial charge is 0.477 e. The molecule has 0 bridgehead atoms. The van der Waals surface area contributed by atoms with Crippen LogP contribution >= 0.6 is 11.3 Å². The number of carboxylic acid groups (broad SMARTS) is 1. The molecule has 3 aliphatic heterocycles. The van der Waals surface area contributed by atoms with Crippen LogP contribution in [-0.2, 0) is 11.2 Å². The Bertz CT molecular complexity index is 1780. The van der Waals surface area contributed by atoms with Crippen molar-refractivity contribution in [3.63, 3.8) is 0 Å². The highest BCUT2D eigenvalue weighted by Crippen LogP contribution is 2.43. The van der Waals surface area contributed by atoms with Gasteiger partial charge < -0.3 is 25.0 Å². The predicted octanol–water partition coefficient (Wildman–Crippen LogP) is 5.72. The molecule has 2 aromatic carbocycles. The van der Waals surface area contributed by atoms with Crippen LogP contribution in [0.25, 0.3) is 10.4 Å². The summed E-state index contributed by atoms with van der Waals surface area (Å²) in [6, 6.07) is 15.9. The van der Waals surface area contributed by atoms with E-state index in [1.165, 1.54) is 17.0 Å². The van der Waals surface area contributed by atoms with Gasteiger partial charge in [-0.1, -0.05) is 0 Å². The van der Waals surface area contributed by atoms with E-state index in [4.69, 9.17) is 4.74 Å². The number of carboxylic acids is 1. The van der Waals surface area contributed by atoms with Gasteiger partial charge in [-0.25, -0.2) is 14.2 Å². The number of benzene rings is 2. The third-order valence-corrected chi connectivity index (χ3v) is 9.89. The molecule has 2 fully saturated rings. The Kier molecular flexibility index (Phi) is 7.14. The standard InChI is InChI=1S/C33H29FN4O5S/c34-22-5-8-24-26(17-22)38(13-9-21-16-27(32(41)42)44-28(21)24)31(40)20-3-6-23(7-4-20)36-30(39)25-2-1-12-35-29(25)37-18-33(19-37)10-14-43-15-11-33/h1-8,12,16-17H,9-11,13-15,18-19H2,(H,36,39)(H,41,42). The number of ether oxygens (including phenoxy) is 1.